The molecule has 0 N–H and O–H groups in total. The highest BCUT2D eigenvalue weighted by atomic mass is 16.7. The fourth-order valence-electron chi connectivity index (χ4n) is 4.02. The van der Waals surface area contributed by atoms with Gasteiger partial charge < -0.3 is 14.2 Å². The number of esters is 2. The summed E-state index contributed by atoms with van der Waals surface area (Å²) in [6.07, 6.45) is 4.73. The van der Waals surface area contributed by atoms with Gasteiger partial charge in [0.2, 0.25) is 0 Å². The summed E-state index contributed by atoms with van der Waals surface area (Å²) >= 11 is 0. The lowest BCUT2D eigenvalue weighted by Gasteiger charge is -2.33. The molecule has 116 valence electrons. The van der Waals surface area contributed by atoms with Crippen LogP contribution in [-0.2, 0) is 23.8 Å². The molecule has 0 aromatic carbocycles. The third-order valence-corrected chi connectivity index (χ3v) is 5.59. The van der Waals surface area contributed by atoms with Gasteiger partial charge in [0.05, 0.1) is 7.11 Å². The first-order chi connectivity index (χ1) is 9.80. The lowest BCUT2D eigenvalue weighted by molar-refractivity contribution is -0.149. The Kier molecular flexibility index (Phi) is 3.00. The van der Waals surface area contributed by atoms with E-state index >= 15 is 0 Å². The molecule has 2 spiro atoms. The van der Waals surface area contributed by atoms with Crippen LogP contribution in [0.15, 0.2) is 11.6 Å². The van der Waals surface area contributed by atoms with Gasteiger partial charge in [-0.3, -0.25) is 4.79 Å². The predicted molar refractivity (Wildman–Crippen MR) is 74.4 cm³/mol. The average molecular weight is 294 g/mol. The molecule has 0 saturated carbocycles. The van der Waals surface area contributed by atoms with Gasteiger partial charge in [0, 0.05) is 18.8 Å². The Morgan fingerprint density at radius 2 is 2.14 bits per heavy atom. The molecule has 0 aromatic rings. The molecule has 3 rings (SSSR count). The molecule has 0 radical (unpaired) electrons. The lowest BCUT2D eigenvalue weighted by atomic mass is 9.80. The summed E-state index contributed by atoms with van der Waals surface area (Å²) in [5.41, 5.74) is -1.07. The number of hydrogen-bond donors (Lipinski definition) is 0. The normalized spacial score (nSPS) is 45.2. The van der Waals surface area contributed by atoms with Crippen LogP contribution in [-0.4, -0.2) is 35.9 Å². The first-order valence-corrected chi connectivity index (χ1v) is 7.50. The standard InChI is InChI=1S/C16H22O5/c1-10-5-7-15(14(3,21-15)13(18)19-4)9-11(2)16(10)8-6-12(17)20-16/h9-10H,5-8H2,1-4H3/t10-,14?,15?,16+/m1/s1. The van der Waals surface area contributed by atoms with Crippen LogP contribution in [0.3, 0.4) is 0 Å². The number of epoxide rings is 1. The SMILES string of the molecule is COC(=O)C1(C)OC12C=C(C)[C@]1(CCC(=O)O1)[C@H](C)CC2. The van der Waals surface area contributed by atoms with E-state index in [1.807, 2.05) is 13.0 Å². The number of carbonyl (C=O) groups is 2. The Labute approximate surface area is 124 Å². The Balaban J connectivity index is 1.96. The summed E-state index contributed by atoms with van der Waals surface area (Å²) in [4.78, 5) is 23.6. The van der Waals surface area contributed by atoms with Crippen LogP contribution >= 0.6 is 0 Å². The summed E-state index contributed by atoms with van der Waals surface area (Å²) in [6, 6.07) is 0. The largest absolute Gasteiger partial charge is 0.467 e. The van der Waals surface area contributed by atoms with Crippen molar-refractivity contribution in [3.05, 3.63) is 11.6 Å². The van der Waals surface area contributed by atoms with E-state index in [4.69, 9.17) is 14.2 Å². The number of rotatable bonds is 1. The van der Waals surface area contributed by atoms with Crippen molar-refractivity contribution in [2.24, 2.45) is 5.92 Å². The third kappa shape index (κ3) is 1.79. The van der Waals surface area contributed by atoms with Gasteiger partial charge in [-0.25, -0.2) is 4.79 Å². The smallest absolute Gasteiger partial charge is 0.341 e. The molecule has 21 heavy (non-hydrogen) atoms. The lowest BCUT2D eigenvalue weighted by Crippen LogP contribution is -2.37. The number of hydrogen-bond acceptors (Lipinski definition) is 5. The van der Waals surface area contributed by atoms with Crippen LogP contribution in [0.2, 0.25) is 0 Å². The highest BCUT2D eigenvalue weighted by molar-refractivity contribution is 5.85. The minimum Gasteiger partial charge on any atom is -0.467 e. The maximum absolute atomic E-state index is 12.0. The second-order valence-electron chi connectivity index (χ2n) is 6.65. The van der Waals surface area contributed by atoms with Crippen molar-refractivity contribution in [1.29, 1.82) is 0 Å². The van der Waals surface area contributed by atoms with E-state index in [-0.39, 0.29) is 17.9 Å². The van der Waals surface area contributed by atoms with Crippen LogP contribution in [0.1, 0.15) is 46.5 Å². The maximum atomic E-state index is 12.0. The summed E-state index contributed by atoms with van der Waals surface area (Å²) in [5.74, 6) is -0.276. The molecular weight excluding hydrogens is 272 g/mol. The van der Waals surface area contributed by atoms with Gasteiger partial charge in [0.1, 0.15) is 11.2 Å². The molecule has 2 heterocycles. The molecule has 5 heteroatoms. The molecule has 3 aliphatic rings. The summed E-state index contributed by atoms with van der Waals surface area (Å²) < 4.78 is 16.4. The minimum atomic E-state index is -0.920. The Bertz CT molecular complexity index is 539. The second kappa shape index (κ2) is 4.32. The molecule has 1 aliphatic carbocycles. The van der Waals surface area contributed by atoms with E-state index in [2.05, 4.69) is 6.92 Å². The summed E-state index contributed by atoms with van der Waals surface area (Å²) in [5, 5.41) is 0. The van der Waals surface area contributed by atoms with Crippen molar-refractivity contribution < 1.29 is 23.8 Å². The highest BCUT2D eigenvalue weighted by Crippen LogP contribution is 2.58. The monoisotopic (exact) mass is 294 g/mol. The number of carbonyl (C=O) groups excluding carboxylic acids is 2. The van der Waals surface area contributed by atoms with E-state index < -0.39 is 16.8 Å². The van der Waals surface area contributed by atoms with E-state index in [0.29, 0.717) is 12.8 Å². The minimum absolute atomic E-state index is 0.141. The molecule has 0 aromatic heterocycles. The van der Waals surface area contributed by atoms with Gasteiger partial charge in [-0.1, -0.05) is 6.92 Å². The van der Waals surface area contributed by atoms with Gasteiger partial charge in [-0.15, -0.1) is 0 Å². The Hall–Kier alpha value is -1.36. The molecular formula is C16H22O5. The number of methoxy groups -OCH3 is 1. The van der Waals surface area contributed by atoms with E-state index in [1.54, 1.807) is 6.92 Å². The molecule has 4 atom stereocenters. The molecule has 5 nitrogen and oxygen atoms in total. The Morgan fingerprint density at radius 1 is 1.43 bits per heavy atom. The second-order valence-corrected chi connectivity index (χ2v) is 6.65. The van der Waals surface area contributed by atoms with Gasteiger partial charge >= 0.3 is 11.9 Å². The molecule has 2 saturated heterocycles. The summed E-state index contributed by atoms with van der Waals surface area (Å²) in [7, 11) is 1.37. The molecule has 2 unspecified atom stereocenters. The highest BCUT2D eigenvalue weighted by Gasteiger charge is 2.72. The zero-order valence-corrected chi connectivity index (χ0v) is 13.0. The fourth-order valence-corrected chi connectivity index (χ4v) is 4.02. The molecule has 2 aliphatic heterocycles. The fraction of sp³-hybridized carbons (Fsp3) is 0.750. The van der Waals surface area contributed by atoms with Crippen molar-refractivity contribution in [2.75, 3.05) is 7.11 Å². The van der Waals surface area contributed by atoms with Gasteiger partial charge in [-0.05, 0) is 38.3 Å². The van der Waals surface area contributed by atoms with E-state index in [1.165, 1.54) is 7.11 Å². The van der Waals surface area contributed by atoms with E-state index in [9.17, 15) is 9.59 Å². The van der Waals surface area contributed by atoms with Crippen molar-refractivity contribution in [3.63, 3.8) is 0 Å². The quantitative estimate of drug-likeness (QED) is 0.421. The first-order valence-electron chi connectivity index (χ1n) is 7.50. The van der Waals surface area contributed by atoms with Crippen LogP contribution in [0.25, 0.3) is 0 Å². The molecule has 0 bridgehead atoms. The summed E-state index contributed by atoms with van der Waals surface area (Å²) in [6.45, 7) is 5.85. The zero-order chi connectivity index (χ0) is 15.5. The van der Waals surface area contributed by atoms with Crippen LogP contribution in [0.5, 0.6) is 0 Å². The predicted octanol–water partition coefficient (Wildman–Crippen LogP) is 2.14. The van der Waals surface area contributed by atoms with Crippen molar-refractivity contribution >= 4 is 11.9 Å². The molecule has 2 fully saturated rings. The van der Waals surface area contributed by atoms with Crippen molar-refractivity contribution in [3.8, 4) is 0 Å². The van der Waals surface area contributed by atoms with E-state index in [0.717, 1.165) is 18.4 Å². The van der Waals surface area contributed by atoms with Crippen LogP contribution in [0, 0.1) is 5.92 Å². The topological polar surface area (TPSA) is 65.1 Å². The zero-order valence-electron chi connectivity index (χ0n) is 13.0. The van der Waals surface area contributed by atoms with Gasteiger partial charge in [0.25, 0.3) is 0 Å². The van der Waals surface area contributed by atoms with Gasteiger partial charge in [-0.2, -0.15) is 0 Å². The number of ether oxygens (including phenoxy) is 3. The van der Waals surface area contributed by atoms with Crippen LogP contribution < -0.4 is 0 Å². The third-order valence-electron chi connectivity index (χ3n) is 5.59. The van der Waals surface area contributed by atoms with Gasteiger partial charge in [0.15, 0.2) is 5.60 Å². The Morgan fingerprint density at radius 3 is 2.71 bits per heavy atom. The average Bonchev–Trinajstić information content (AvgIpc) is 2.86. The van der Waals surface area contributed by atoms with Crippen molar-refractivity contribution in [1.82, 2.24) is 0 Å². The first kappa shape index (κ1) is 14.6. The van der Waals surface area contributed by atoms with Crippen molar-refractivity contribution in [2.45, 2.75) is 63.3 Å². The maximum Gasteiger partial charge on any atom is 0.341 e. The molecule has 0 amide bonds. The van der Waals surface area contributed by atoms with Crippen LogP contribution in [0.4, 0.5) is 0 Å².